The third-order valence-corrected chi connectivity index (χ3v) is 4.06. The highest BCUT2D eigenvalue weighted by Crippen LogP contribution is 2.31. The molecule has 0 radical (unpaired) electrons. The predicted molar refractivity (Wildman–Crippen MR) is 78.6 cm³/mol. The number of ether oxygens (including phenoxy) is 1. The molecular weight excluding hydrogens is 284 g/mol. The molecule has 1 aliphatic rings. The Labute approximate surface area is 128 Å². The number of hydrogen-bond donors (Lipinski definition) is 1. The average molecular weight is 304 g/mol. The molecule has 0 bridgehead atoms. The van der Waals surface area contributed by atoms with Gasteiger partial charge in [0.25, 0.3) is 5.91 Å². The Kier molecular flexibility index (Phi) is 3.59. The molecule has 0 aliphatic heterocycles. The number of methoxy groups -OCH3 is 1. The molecule has 1 aliphatic carbocycles. The van der Waals surface area contributed by atoms with Crippen LogP contribution in [0.3, 0.4) is 0 Å². The zero-order valence-electron chi connectivity index (χ0n) is 13.3. The number of aryl methyl sites for hydroxylation is 3. The SMILES string of the molecule is COc1nc(C(=O)NC2CCCc3c2c(C)nn3C)nn1C. The highest BCUT2D eigenvalue weighted by atomic mass is 16.5. The summed E-state index contributed by atoms with van der Waals surface area (Å²) in [5, 5.41) is 11.6. The van der Waals surface area contributed by atoms with Gasteiger partial charge >= 0.3 is 6.01 Å². The third kappa shape index (κ3) is 2.34. The lowest BCUT2D eigenvalue weighted by Gasteiger charge is -2.24. The zero-order valence-corrected chi connectivity index (χ0v) is 13.3. The molecule has 0 spiro atoms. The first kappa shape index (κ1) is 14.6. The van der Waals surface area contributed by atoms with Crippen LogP contribution in [0.5, 0.6) is 6.01 Å². The monoisotopic (exact) mass is 304 g/mol. The van der Waals surface area contributed by atoms with E-state index in [0.29, 0.717) is 6.01 Å². The Balaban J connectivity index is 1.83. The van der Waals surface area contributed by atoms with Gasteiger partial charge in [0.2, 0.25) is 5.82 Å². The smallest absolute Gasteiger partial charge is 0.314 e. The Hall–Kier alpha value is -2.38. The first-order valence-corrected chi connectivity index (χ1v) is 7.29. The Bertz CT molecular complexity index is 717. The van der Waals surface area contributed by atoms with E-state index in [1.54, 1.807) is 7.05 Å². The number of rotatable bonds is 3. The molecule has 118 valence electrons. The average Bonchev–Trinajstić information content (AvgIpc) is 3.00. The van der Waals surface area contributed by atoms with Crippen LogP contribution in [0.2, 0.25) is 0 Å². The summed E-state index contributed by atoms with van der Waals surface area (Å²) in [7, 11) is 5.13. The van der Waals surface area contributed by atoms with Crippen LogP contribution >= 0.6 is 0 Å². The third-order valence-electron chi connectivity index (χ3n) is 4.06. The molecule has 2 aromatic rings. The number of fused-ring (bicyclic) bond motifs is 1. The molecule has 2 heterocycles. The van der Waals surface area contributed by atoms with Crippen molar-refractivity contribution in [1.29, 1.82) is 0 Å². The lowest BCUT2D eigenvalue weighted by molar-refractivity contribution is 0.0921. The minimum atomic E-state index is -0.292. The van der Waals surface area contributed by atoms with Gasteiger partial charge in [0.05, 0.1) is 18.8 Å². The van der Waals surface area contributed by atoms with Crippen molar-refractivity contribution in [3.05, 3.63) is 22.8 Å². The van der Waals surface area contributed by atoms with Gasteiger partial charge in [-0.15, -0.1) is 5.10 Å². The van der Waals surface area contributed by atoms with E-state index in [-0.39, 0.29) is 17.8 Å². The molecule has 8 nitrogen and oxygen atoms in total. The Morgan fingerprint density at radius 1 is 1.32 bits per heavy atom. The van der Waals surface area contributed by atoms with Gasteiger partial charge in [-0.1, -0.05) is 0 Å². The Morgan fingerprint density at radius 3 is 2.77 bits per heavy atom. The number of amides is 1. The van der Waals surface area contributed by atoms with E-state index < -0.39 is 0 Å². The van der Waals surface area contributed by atoms with Crippen molar-refractivity contribution in [3.63, 3.8) is 0 Å². The molecule has 22 heavy (non-hydrogen) atoms. The fraction of sp³-hybridized carbons (Fsp3) is 0.571. The van der Waals surface area contributed by atoms with Crippen molar-refractivity contribution >= 4 is 5.91 Å². The molecule has 1 amide bonds. The van der Waals surface area contributed by atoms with Crippen molar-refractivity contribution in [1.82, 2.24) is 29.9 Å². The maximum Gasteiger partial charge on any atom is 0.314 e. The molecule has 0 saturated carbocycles. The molecular formula is C14H20N6O2. The van der Waals surface area contributed by atoms with Gasteiger partial charge in [-0.2, -0.15) is 10.1 Å². The standard InChI is InChI=1S/C14H20N6O2/c1-8-11-9(6-5-7-10(11)19(2)17-8)15-13(21)12-16-14(22-4)20(3)18-12/h9H,5-7H2,1-4H3,(H,15,21). The van der Waals surface area contributed by atoms with E-state index >= 15 is 0 Å². The van der Waals surface area contributed by atoms with Crippen LogP contribution in [0.4, 0.5) is 0 Å². The number of hydrogen-bond acceptors (Lipinski definition) is 5. The minimum absolute atomic E-state index is 0.0419. The van der Waals surface area contributed by atoms with Crippen molar-refractivity contribution in [2.75, 3.05) is 7.11 Å². The van der Waals surface area contributed by atoms with Gasteiger partial charge in [-0.25, -0.2) is 4.68 Å². The second-order valence-corrected chi connectivity index (χ2v) is 5.53. The van der Waals surface area contributed by atoms with Gasteiger partial charge in [-0.05, 0) is 26.2 Å². The zero-order chi connectivity index (χ0) is 15.9. The van der Waals surface area contributed by atoms with E-state index in [1.165, 1.54) is 17.5 Å². The largest absolute Gasteiger partial charge is 0.467 e. The second kappa shape index (κ2) is 5.43. The van der Waals surface area contributed by atoms with Crippen molar-refractivity contribution < 1.29 is 9.53 Å². The Morgan fingerprint density at radius 2 is 2.09 bits per heavy atom. The van der Waals surface area contributed by atoms with E-state index in [9.17, 15) is 4.79 Å². The van der Waals surface area contributed by atoms with Crippen LogP contribution in [0.1, 0.15) is 46.5 Å². The van der Waals surface area contributed by atoms with Crippen molar-refractivity contribution in [2.24, 2.45) is 14.1 Å². The lowest BCUT2D eigenvalue weighted by atomic mass is 9.91. The predicted octanol–water partition coefficient (Wildman–Crippen LogP) is 0.673. The van der Waals surface area contributed by atoms with Crippen molar-refractivity contribution in [3.8, 4) is 6.01 Å². The van der Waals surface area contributed by atoms with Gasteiger partial charge in [0.1, 0.15) is 0 Å². The summed E-state index contributed by atoms with van der Waals surface area (Å²) in [6.07, 6.45) is 2.92. The molecule has 1 unspecified atom stereocenters. The van der Waals surface area contributed by atoms with Crippen LogP contribution in [0.25, 0.3) is 0 Å². The molecule has 0 fully saturated rings. The van der Waals surface area contributed by atoms with Crippen molar-refractivity contribution in [2.45, 2.75) is 32.2 Å². The summed E-state index contributed by atoms with van der Waals surface area (Å²) in [5.41, 5.74) is 3.29. The summed E-state index contributed by atoms with van der Waals surface area (Å²) in [4.78, 5) is 16.5. The van der Waals surface area contributed by atoms with Gasteiger partial charge < -0.3 is 10.1 Å². The fourth-order valence-corrected chi connectivity index (χ4v) is 3.10. The minimum Gasteiger partial charge on any atom is -0.467 e. The topological polar surface area (TPSA) is 86.9 Å². The highest BCUT2D eigenvalue weighted by Gasteiger charge is 2.28. The van der Waals surface area contributed by atoms with E-state index in [0.717, 1.165) is 30.5 Å². The van der Waals surface area contributed by atoms with Gasteiger partial charge in [0.15, 0.2) is 0 Å². The summed E-state index contributed by atoms with van der Waals surface area (Å²) >= 11 is 0. The van der Waals surface area contributed by atoms with Crippen LogP contribution in [-0.2, 0) is 20.5 Å². The van der Waals surface area contributed by atoms with E-state index in [4.69, 9.17) is 4.74 Å². The number of carbonyl (C=O) groups is 1. The molecule has 1 atom stereocenters. The van der Waals surface area contributed by atoms with Crippen LogP contribution < -0.4 is 10.1 Å². The molecule has 0 saturated heterocycles. The van der Waals surface area contributed by atoms with E-state index in [1.807, 2.05) is 18.7 Å². The number of nitrogens with one attached hydrogen (secondary N) is 1. The number of nitrogens with zero attached hydrogens (tertiary/aromatic N) is 5. The molecule has 2 aromatic heterocycles. The highest BCUT2D eigenvalue weighted by molar-refractivity contribution is 5.90. The lowest BCUT2D eigenvalue weighted by Crippen LogP contribution is -2.32. The maximum absolute atomic E-state index is 12.4. The van der Waals surface area contributed by atoms with Crippen LogP contribution in [0, 0.1) is 6.92 Å². The summed E-state index contributed by atoms with van der Waals surface area (Å²) in [5.74, 6) is -0.173. The quantitative estimate of drug-likeness (QED) is 0.900. The maximum atomic E-state index is 12.4. The normalized spacial score (nSPS) is 17.2. The molecule has 1 N–H and O–H groups in total. The number of aromatic nitrogens is 5. The summed E-state index contributed by atoms with van der Waals surface area (Å²) in [6.45, 7) is 1.98. The summed E-state index contributed by atoms with van der Waals surface area (Å²) in [6, 6.07) is 0.270. The fourth-order valence-electron chi connectivity index (χ4n) is 3.10. The molecule has 8 heteroatoms. The van der Waals surface area contributed by atoms with Gasteiger partial charge in [-0.3, -0.25) is 9.48 Å². The van der Waals surface area contributed by atoms with E-state index in [2.05, 4.69) is 20.5 Å². The summed E-state index contributed by atoms with van der Waals surface area (Å²) < 4.78 is 8.39. The second-order valence-electron chi connectivity index (χ2n) is 5.53. The van der Waals surface area contributed by atoms with Crippen LogP contribution in [0.15, 0.2) is 0 Å². The first-order chi connectivity index (χ1) is 10.5. The number of carbonyl (C=O) groups excluding carboxylic acids is 1. The van der Waals surface area contributed by atoms with Gasteiger partial charge in [0, 0.05) is 25.4 Å². The first-order valence-electron chi connectivity index (χ1n) is 7.29. The molecule has 0 aromatic carbocycles. The molecule has 3 rings (SSSR count). The van der Waals surface area contributed by atoms with Crippen LogP contribution in [-0.4, -0.2) is 37.6 Å².